The molecule has 4 nitrogen and oxygen atoms in total. The van der Waals surface area contributed by atoms with E-state index in [0.29, 0.717) is 0 Å². The zero-order valence-corrected chi connectivity index (χ0v) is 10.4. The van der Waals surface area contributed by atoms with Gasteiger partial charge >= 0.3 is 0 Å². The zero-order valence-electron chi connectivity index (χ0n) is 10.4. The normalized spacial score (nSPS) is 11.2. The molecule has 1 N–H and O–H groups in total. The van der Waals surface area contributed by atoms with Crippen LogP contribution >= 0.6 is 0 Å². The van der Waals surface area contributed by atoms with Crippen LogP contribution < -0.4 is 5.32 Å². The van der Waals surface area contributed by atoms with Gasteiger partial charge in [0, 0.05) is 46.5 Å². The molecule has 0 unspecified atom stereocenters. The number of methoxy groups -OCH3 is 1. The quantitative estimate of drug-likeness (QED) is 0.514. The summed E-state index contributed by atoms with van der Waals surface area (Å²) in [6, 6.07) is 0. The first kappa shape index (κ1) is 14.8. The number of hydrogen-bond donors (Lipinski definition) is 1. The molecular weight excluding hydrogens is 192 g/mol. The first-order valence-electron chi connectivity index (χ1n) is 5.77. The fourth-order valence-corrected chi connectivity index (χ4v) is 1.26. The number of nitrogens with zero attached hydrogens (tertiary/aromatic N) is 1. The van der Waals surface area contributed by atoms with Crippen molar-refractivity contribution in [2.24, 2.45) is 0 Å². The van der Waals surface area contributed by atoms with Crippen LogP contribution in [0.3, 0.4) is 0 Å². The van der Waals surface area contributed by atoms with Crippen LogP contribution in [0.1, 0.15) is 13.3 Å². The van der Waals surface area contributed by atoms with Crippen LogP contribution in [0, 0.1) is 0 Å². The Morgan fingerprint density at radius 3 is 2.60 bits per heavy atom. The Bertz CT molecular complexity index is 123. The van der Waals surface area contributed by atoms with Crippen LogP contribution in [-0.4, -0.2) is 65.1 Å². The first-order valence-corrected chi connectivity index (χ1v) is 5.77. The van der Waals surface area contributed by atoms with Crippen LogP contribution in [0.15, 0.2) is 0 Å². The maximum atomic E-state index is 5.28. The average Bonchev–Trinajstić information content (AvgIpc) is 2.24. The standard InChI is InChI=1S/C11H26N2O2/c1-4-15-10-5-8-13(2)9-6-12-7-11-14-3/h12H,4-11H2,1-3H3. The summed E-state index contributed by atoms with van der Waals surface area (Å²) in [5.41, 5.74) is 0. The number of hydrogen-bond acceptors (Lipinski definition) is 4. The van der Waals surface area contributed by atoms with E-state index in [1.54, 1.807) is 7.11 Å². The van der Waals surface area contributed by atoms with E-state index in [0.717, 1.165) is 52.4 Å². The van der Waals surface area contributed by atoms with E-state index < -0.39 is 0 Å². The van der Waals surface area contributed by atoms with E-state index in [4.69, 9.17) is 9.47 Å². The minimum absolute atomic E-state index is 0.786. The van der Waals surface area contributed by atoms with Crippen molar-refractivity contribution in [3.05, 3.63) is 0 Å². The van der Waals surface area contributed by atoms with Crippen LogP contribution in [0.4, 0.5) is 0 Å². The highest BCUT2D eigenvalue weighted by Gasteiger charge is 1.97. The van der Waals surface area contributed by atoms with Gasteiger partial charge in [-0.2, -0.15) is 0 Å². The highest BCUT2D eigenvalue weighted by atomic mass is 16.5. The minimum atomic E-state index is 0.786. The topological polar surface area (TPSA) is 33.7 Å². The van der Waals surface area contributed by atoms with Gasteiger partial charge in [-0.1, -0.05) is 0 Å². The van der Waals surface area contributed by atoms with Crippen molar-refractivity contribution < 1.29 is 9.47 Å². The Labute approximate surface area is 93.9 Å². The maximum absolute atomic E-state index is 5.28. The molecule has 0 bridgehead atoms. The third-order valence-corrected chi connectivity index (χ3v) is 2.19. The first-order chi connectivity index (χ1) is 7.31. The summed E-state index contributed by atoms with van der Waals surface area (Å²) in [5.74, 6) is 0. The molecule has 92 valence electrons. The number of rotatable bonds is 11. The zero-order chi connectivity index (χ0) is 11.4. The summed E-state index contributed by atoms with van der Waals surface area (Å²) in [4.78, 5) is 2.32. The van der Waals surface area contributed by atoms with Crippen molar-refractivity contribution in [1.29, 1.82) is 0 Å². The summed E-state index contributed by atoms with van der Waals surface area (Å²) < 4.78 is 10.2. The maximum Gasteiger partial charge on any atom is 0.0587 e. The molecule has 0 saturated carbocycles. The molecule has 0 atom stereocenters. The molecule has 0 spiro atoms. The predicted molar refractivity (Wildman–Crippen MR) is 63.4 cm³/mol. The van der Waals surface area contributed by atoms with E-state index in [1.807, 2.05) is 6.92 Å². The van der Waals surface area contributed by atoms with Crippen molar-refractivity contribution in [2.75, 3.05) is 60.2 Å². The van der Waals surface area contributed by atoms with Gasteiger partial charge in [-0.25, -0.2) is 0 Å². The second-order valence-electron chi connectivity index (χ2n) is 3.60. The lowest BCUT2D eigenvalue weighted by Gasteiger charge is -2.16. The van der Waals surface area contributed by atoms with Crippen LogP contribution in [0.25, 0.3) is 0 Å². The Kier molecular flexibility index (Phi) is 11.8. The second kappa shape index (κ2) is 11.9. The van der Waals surface area contributed by atoms with Crippen molar-refractivity contribution in [1.82, 2.24) is 10.2 Å². The predicted octanol–water partition coefficient (Wildman–Crippen LogP) is 0.581. The van der Waals surface area contributed by atoms with Gasteiger partial charge in [0.25, 0.3) is 0 Å². The number of likely N-dealkylation sites (N-methyl/N-ethyl adjacent to an activating group) is 1. The lowest BCUT2D eigenvalue weighted by molar-refractivity contribution is 0.135. The average molecular weight is 218 g/mol. The van der Waals surface area contributed by atoms with Gasteiger partial charge < -0.3 is 19.7 Å². The summed E-state index contributed by atoms with van der Waals surface area (Å²) >= 11 is 0. The van der Waals surface area contributed by atoms with Gasteiger partial charge in [0.1, 0.15) is 0 Å². The number of nitrogens with one attached hydrogen (secondary N) is 1. The summed E-state index contributed by atoms with van der Waals surface area (Å²) in [6.45, 7) is 8.65. The van der Waals surface area contributed by atoms with E-state index >= 15 is 0 Å². The lowest BCUT2D eigenvalue weighted by atomic mass is 10.4. The third-order valence-electron chi connectivity index (χ3n) is 2.19. The van der Waals surface area contributed by atoms with Gasteiger partial charge in [-0.15, -0.1) is 0 Å². The van der Waals surface area contributed by atoms with Crippen molar-refractivity contribution in [2.45, 2.75) is 13.3 Å². The number of ether oxygens (including phenoxy) is 2. The highest BCUT2D eigenvalue weighted by Crippen LogP contribution is 1.87. The molecule has 0 aromatic heterocycles. The van der Waals surface area contributed by atoms with Crippen molar-refractivity contribution in [3.8, 4) is 0 Å². The Hall–Kier alpha value is -0.160. The van der Waals surface area contributed by atoms with Gasteiger partial charge in [0.2, 0.25) is 0 Å². The molecule has 0 aliphatic heterocycles. The van der Waals surface area contributed by atoms with Gasteiger partial charge in [0.15, 0.2) is 0 Å². The Morgan fingerprint density at radius 2 is 1.93 bits per heavy atom. The second-order valence-corrected chi connectivity index (χ2v) is 3.60. The van der Waals surface area contributed by atoms with E-state index in [1.165, 1.54) is 0 Å². The van der Waals surface area contributed by atoms with Crippen LogP contribution in [0.2, 0.25) is 0 Å². The van der Waals surface area contributed by atoms with Gasteiger partial charge in [0.05, 0.1) is 6.61 Å². The molecule has 0 aromatic rings. The molecule has 0 rings (SSSR count). The van der Waals surface area contributed by atoms with Crippen LogP contribution in [0.5, 0.6) is 0 Å². The van der Waals surface area contributed by atoms with Crippen molar-refractivity contribution >= 4 is 0 Å². The Morgan fingerprint density at radius 1 is 1.13 bits per heavy atom. The molecular formula is C11H26N2O2. The molecule has 0 aliphatic carbocycles. The van der Waals surface area contributed by atoms with Gasteiger partial charge in [-0.05, 0) is 20.4 Å². The summed E-state index contributed by atoms with van der Waals surface area (Å²) in [6.07, 6.45) is 1.11. The lowest BCUT2D eigenvalue weighted by Crippen LogP contribution is -2.31. The highest BCUT2D eigenvalue weighted by molar-refractivity contribution is 4.54. The van der Waals surface area contributed by atoms with E-state index in [9.17, 15) is 0 Å². The molecule has 0 aromatic carbocycles. The molecule has 0 heterocycles. The molecule has 0 radical (unpaired) electrons. The molecule has 0 saturated heterocycles. The van der Waals surface area contributed by atoms with E-state index in [2.05, 4.69) is 17.3 Å². The fourth-order valence-electron chi connectivity index (χ4n) is 1.26. The van der Waals surface area contributed by atoms with Gasteiger partial charge in [-0.3, -0.25) is 0 Å². The Balaban J connectivity index is 3.08. The fraction of sp³-hybridized carbons (Fsp3) is 1.00. The third kappa shape index (κ3) is 11.8. The molecule has 0 fully saturated rings. The summed E-state index contributed by atoms with van der Waals surface area (Å²) in [5, 5.41) is 3.32. The smallest absolute Gasteiger partial charge is 0.0587 e. The monoisotopic (exact) mass is 218 g/mol. The molecule has 0 amide bonds. The van der Waals surface area contributed by atoms with E-state index in [-0.39, 0.29) is 0 Å². The minimum Gasteiger partial charge on any atom is -0.383 e. The largest absolute Gasteiger partial charge is 0.383 e. The van der Waals surface area contributed by atoms with Crippen molar-refractivity contribution in [3.63, 3.8) is 0 Å². The van der Waals surface area contributed by atoms with Crippen LogP contribution in [-0.2, 0) is 9.47 Å². The molecule has 4 heteroatoms. The molecule has 0 aliphatic rings. The molecule has 15 heavy (non-hydrogen) atoms. The SMILES string of the molecule is CCOCCCN(C)CCNCCOC. The summed E-state index contributed by atoms with van der Waals surface area (Å²) in [7, 11) is 3.87.